The van der Waals surface area contributed by atoms with Crippen LogP contribution in [0.15, 0.2) is 216 Å². The first-order valence-corrected chi connectivity index (χ1v) is 23.6. The third kappa shape index (κ3) is 8.06. The van der Waals surface area contributed by atoms with Gasteiger partial charge in [-0.1, -0.05) is 210 Å². The van der Waals surface area contributed by atoms with Crippen molar-refractivity contribution >= 4 is 48.7 Å². The molecule has 4 aliphatic rings. The van der Waals surface area contributed by atoms with Crippen molar-refractivity contribution < 1.29 is 0 Å². The second-order valence-corrected chi connectivity index (χ2v) is 19.4. The lowest BCUT2D eigenvalue weighted by atomic mass is 10.0. The van der Waals surface area contributed by atoms with Gasteiger partial charge in [0.25, 0.3) is 0 Å². The average Bonchev–Trinajstić information content (AvgIpc) is 4.11. The van der Waals surface area contributed by atoms with E-state index in [0.717, 1.165) is 50.3 Å². The summed E-state index contributed by atoms with van der Waals surface area (Å²) in [7, 11) is -1.16. The highest BCUT2D eigenvalue weighted by Crippen LogP contribution is 2.50. The van der Waals surface area contributed by atoms with Gasteiger partial charge in [-0.2, -0.15) is 0 Å². The Balaban J connectivity index is 1.14. The Morgan fingerprint density at radius 1 is 0.357 bits per heavy atom. The third-order valence-corrected chi connectivity index (χ3v) is 16.8. The quantitative estimate of drug-likeness (QED) is 0.0990. The summed E-state index contributed by atoms with van der Waals surface area (Å²) in [5.74, 6) is 0. The molecular weight excluding hydrogens is 711 g/mol. The molecule has 2 unspecified atom stereocenters. The van der Waals surface area contributed by atoms with Gasteiger partial charge in [-0.05, 0) is 128 Å². The lowest BCUT2D eigenvalue weighted by Gasteiger charge is -2.29. The van der Waals surface area contributed by atoms with Gasteiger partial charge < -0.3 is 0 Å². The summed E-state index contributed by atoms with van der Waals surface area (Å²) in [6.45, 7) is 0. The van der Waals surface area contributed by atoms with E-state index in [1.54, 1.807) is 10.6 Å². The molecule has 0 spiro atoms. The molecule has 5 aromatic rings. The lowest BCUT2D eigenvalue weighted by molar-refractivity contribution is 1.40. The molecule has 0 radical (unpaired) electrons. The van der Waals surface area contributed by atoms with Crippen LogP contribution in [0.2, 0.25) is 0 Å². The van der Waals surface area contributed by atoms with E-state index in [4.69, 9.17) is 0 Å². The predicted molar refractivity (Wildman–Crippen MR) is 247 cm³/mol. The van der Waals surface area contributed by atoms with Crippen molar-refractivity contribution in [2.75, 3.05) is 24.6 Å². The minimum atomic E-state index is -0.581. The summed E-state index contributed by atoms with van der Waals surface area (Å²) in [5.41, 5.74) is 17.4. The molecule has 9 rings (SSSR count). The van der Waals surface area contributed by atoms with Crippen molar-refractivity contribution in [2.24, 2.45) is 0 Å². The summed E-state index contributed by atoms with van der Waals surface area (Å²) in [4.78, 5) is 0. The van der Waals surface area contributed by atoms with E-state index in [2.05, 4.69) is 194 Å². The van der Waals surface area contributed by atoms with Gasteiger partial charge in [0, 0.05) is 0 Å². The van der Waals surface area contributed by atoms with Crippen molar-refractivity contribution in [1.29, 1.82) is 0 Å². The summed E-state index contributed by atoms with van der Waals surface area (Å²) in [5, 5.41) is 3.20. The SMILES string of the molecule is C1=CC(CP(CC2=CCC=C2c2ccccc2)c2ccccc2P(CC2=CCC=C2c2ccccc2)CC2=C(c3ccccc3)CC=C2)=C(c2ccccc2)C1. The first-order valence-electron chi connectivity index (χ1n) is 20.2. The highest BCUT2D eigenvalue weighted by atomic mass is 31.1. The Kier molecular flexibility index (Phi) is 11.3. The smallest absolute Gasteiger partial charge is 0.00266 e. The largest absolute Gasteiger partial charge is 0.0798 e. The standard InChI is InChI=1S/C54H48P2/c1-5-19-41(20-6-1)49-31-15-27-45(49)37-55(38-46-28-16-32-50(46)42-21-7-2-8-22-42)53-35-13-14-36-54(53)56(39-47-29-17-33-51(47)43-23-9-3-10-24-43)40-48-30-18-34-52(48)44-25-11-4-12-26-44/h1-15,17,19-30,32,34-36H,16,18,31,33,37-40H2. The Morgan fingerprint density at radius 2 is 0.714 bits per heavy atom. The molecule has 0 saturated carbocycles. The van der Waals surface area contributed by atoms with Gasteiger partial charge in [0.1, 0.15) is 0 Å². The van der Waals surface area contributed by atoms with Gasteiger partial charge >= 0.3 is 0 Å². The van der Waals surface area contributed by atoms with E-state index in [-0.39, 0.29) is 0 Å². The summed E-state index contributed by atoms with van der Waals surface area (Å²) >= 11 is 0. The minimum Gasteiger partial charge on any atom is -0.0798 e. The van der Waals surface area contributed by atoms with Crippen molar-refractivity contribution in [2.45, 2.75) is 25.7 Å². The van der Waals surface area contributed by atoms with Crippen molar-refractivity contribution in [1.82, 2.24) is 0 Å². The number of allylic oxidation sites excluding steroid dienone is 16. The monoisotopic (exact) mass is 758 g/mol. The summed E-state index contributed by atoms with van der Waals surface area (Å²) < 4.78 is 0. The van der Waals surface area contributed by atoms with Crippen LogP contribution in [-0.4, -0.2) is 24.6 Å². The zero-order chi connectivity index (χ0) is 37.5. The van der Waals surface area contributed by atoms with Gasteiger partial charge in [0.15, 0.2) is 0 Å². The van der Waals surface area contributed by atoms with Gasteiger partial charge in [-0.3, -0.25) is 0 Å². The first-order chi connectivity index (χ1) is 27.8. The zero-order valence-electron chi connectivity index (χ0n) is 32.0. The van der Waals surface area contributed by atoms with Crippen LogP contribution < -0.4 is 10.6 Å². The Labute approximate surface area is 336 Å². The van der Waals surface area contributed by atoms with E-state index >= 15 is 0 Å². The second-order valence-electron chi connectivity index (χ2n) is 15.1. The predicted octanol–water partition coefficient (Wildman–Crippen LogP) is 13.6. The lowest BCUT2D eigenvalue weighted by Crippen LogP contribution is -2.26. The number of hydrogen-bond acceptors (Lipinski definition) is 0. The van der Waals surface area contributed by atoms with Gasteiger partial charge in [-0.15, -0.1) is 0 Å². The maximum atomic E-state index is 2.52. The van der Waals surface area contributed by atoms with Crippen LogP contribution in [0.4, 0.5) is 0 Å². The van der Waals surface area contributed by atoms with Crippen LogP contribution in [0.5, 0.6) is 0 Å². The summed E-state index contributed by atoms with van der Waals surface area (Å²) in [6.07, 6.45) is 28.0. The topological polar surface area (TPSA) is 0 Å². The summed E-state index contributed by atoms with van der Waals surface area (Å²) in [6, 6.07) is 54.1. The van der Waals surface area contributed by atoms with E-state index in [9.17, 15) is 0 Å². The van der Waals surface area contributed by atoms with E-state index in [1.165, 1.54) is 66.8 Å². The molecule has 0 heterocycles. The fourth-order valence-corrected chi connectivity index (χ4v) is 14.8. The van der Waals surface area contributed by atoms with Crippen LogP contribution in [0.25, 0.3) is 22.3 Å². The number of hydrogen-bond donors (Lipinski definition) is 0. The zero-order valence-corrected chi connectivity index (χ0v) is 33.8. The Hall–Kier alpha value is -5.12. The number of benzene rings is 5. The molecule has 2 atom stereocenters. The molecule has 0 N–H and O–H groups in total. The highest BCUT2D eigenvalue weighted by Gasteiger charge is 2.28. The molecular formula is C54H48P2. The Bertz CT molecular complexity index is 2260. The van der Waals surface area contributed by atoms with Crippen LogP contribution in [-0.2, 0) is 0 Å². The fourth-order valence-electron chi connectivity index (χ4n) is 8.82. The van der Waals surface area contributed by atoms with E-state index in [1.807, 2.05) is 0 Å². The normalized spacial score (nSPS) is 17.3. The van der Waals surface area contributed by atoms with Crippen LogP contribution >= 0.6 is 15.8 Å². The maximum absolute atomic E-state index is 2.52. The Morgan fingerprint density at radius 3 is 1.11 bits per heavy atom. The van der Waals surface area contributed by atoms with Crippen LogP contribution in [0.1, 0.15) is 47.9 Å². The molecule has 56 heavy (non-hydrogen) atoms. The molecule has 274 valence electrons. The molecule has 0 aliphatic heterocycles. The second kappa shape index (κ2) is 17.3. The maximum Gasteiger partial charge on any atom is -0.00266 e. The minimum absolute atomic E-state index is 0.581. The fraction of sp³-hybridized carbons (Fsp3) is 0.148. The van der Waals surface area contributed by atoms with Crippen molar-refractivity contribution in [3.63, 3.8) is 0 Å². The van der Waals surface area contributed by atoms with Crippen molar-refractivity contribution in [3.05, 3.63) is 239 Å². The molecule has 0 saturated heterocycles. The van der Waals surface area contributed by atoms with Gasteiger partial charge in [0.2, 0.25) is 0 Å². The molecule has 0 aromatic heterocycles. The molecule has 0 bridgehead atoms. The highest BCUT2D eigenvalue weighted by molar-refractivity contribution is 7.72. The van der Waals surface area contributed by atoms with E-state index in [0.29, 0.717) is 0 Å². The molecule has 5 aromatic carbocycles. The van der Waals surface area contributed by atoms with Crippen LogP contribution in [0.3, 0.4) is 0 Å². The van der Waals surface area contributed by atoms with Crippen molar-refractivity contribution in [3.8, 4) is 0 Å². The third-order valence-electron chi connectivity index (χ3n) is 11.5. The molecule has 4 aliphatic carbocycles. The van der Waals surface area contributed by atoms with E-state index < -0.39 is 15.8 Å². The number of rotatable bonds is 14. The van der Waals surface area contributed by atoms with Gasteiger partial charge in [-0.25, -0.2) is 0 Å². The van der Waals surface area contributed by atoms with Gasteiger partial charge in [0.05, 0.1) is 0 Å². The molecule has 0 fully saturated rings. The molecule has 0 nitrogen and oxygen atoms in total. The van der Waals surface area contributed by atoms with Crippen LogP contribution in [0, 0.1) is 0 Å². The average molecular weight is 759 g/mol. The molecule has 0 amide bonds. The molecule has 2 heteroatoms. The first kappa shape index (κ1) is 36.5.